The number of carbonyl (C=O) groups is 3. The number of esters is 1. The Morgan fingerprint density at radius 1 is 1.18 bits per heavy atom. The zero-order valence-corrected chi connectivity index (χ0v) is 19.8. The van der Waals surface area contributed by atoms with E-state index in [9.17, 15) is 14.4 Å². The Labute approximate surface area is 201 Å². The second-order valence-electron chi connectivity index (χ2n) is 8.65. The van der Waals surface area contributed by atoms with E-state index in [0.29, 0.717) is 54.7 Å². The number of likely N-dealkylation sites (tertiary alicyclic amines) is 1. The quantitative estimate of drug-likeness (QED) is 0.647. The molecule has 5 rings (SSSR count). The molecule has 9 nitrogen and oxygen atoms in total. The third kappa shape index (κ3) is 4.46. The number of fused-ring (bicyclic) bond motifs is 2. The summed E-state index contributed by atoms with van der Waals surface area (Å²) in [6.45, 7) is 3.42. The van der Waals surface area contributed by atoms with Crippen LogP contribution in [0.3, 0.4) is 0 Å². The summed E-state index contributed by atoms with van der Waals surface area (Å²) in [5, 5.41) is 3.37. The van der Waals surface area contributed by atoms with Gasteiger partial charge >= 0.3 is 5.97 Å². The van der Waals surface area contributed by atoms with Crippen LogP contribution in [-0.2, 0) is 20.7 Å². The van der Waals surface area contributed by atoms with E-state index in [1.807, 2.05) is 4.90 Å². The van der Waals surface area contributed by atoms with Gasteiger partial charge in [-0.05, 0) is 57.2 Å². The second kappa shape index (κ2) is 9.61. The Morgan fingerprint density at radius 3 is 2.76 bits per heavy atom. The number of carbonyl (C=O) groups excluding carboxylic acids is 3. The molecule has 1 fully saturated rings. The third-order valence-corrected chi connectivity index (χ3v) is 7.58. The zero-order valence-electron chi connectivity index (χ0n) is 19.0. The lowest BCUT2D eigenvalue weighted by Gasteiger charge is -2.34. The number of anilines is 1. The molecule has 34 heavy (non-hydrogen) atoms. The second-order valence-corrected chi connectivity index (χ2v) is 9.73. The molecule has 1 aromatic heterocycles. The molecule has 3 aliphatic rings. The van der Waals surface area contributed by atoms with E-state index in [1.54, 1.807) is 25.1 Å². The number of aryl methyl sites for hydroxylation is 1. The Hall–Kier alpha value is -3.14. The Morgan fingerprint density at radius 2 is 1.97 bits per heavy atom. The number of hydrogen-bond acceptors (Lipinski definition) is 8. The highest BCUT2D eigenvalue weighted by Crippen LogP contribution is 2.39. The van der Waals surface area contributed by atoms with Gasteiger partial charge in [-0.3, -0.25) is 19.7 Å². The SMILES string of the molecule is CCOC(=O)C1CCN(C(=O)[C@@H]2CCCc3sc(NC(=O)c4ccc5c(c4)OCO5)nc32)CC1. The van der Waals surface area contributed by atoms with Crippen molar-refractivity contribution in [3.05, 3.63) is 34.3 Å². The van der Waals surface area contributed by atoms with Crippen molar-refractivity contribution < 1.29 is 28.6 Å². The van der Waals surface area contributed by atoms with Gasteiger partial charge in [0.2, 0.25) is 12.7 Å². The van der Waals surface area contributed by atoms with Gasteiger partial charge in [-0.15, -0.1) is 11.3 Å². The zero-order chi connectivity index (χ0) is 23.7. The highest BCUT2D eigenvalue weighted by Gasteiger charge is 2.36. The normalized spacial score (nSPS) is 19.4. The molecular formula is C24H27N3O6S. The topological polar surface area (TPSA) is 107 Å². The average Bonchev–Trinajstić information content (AvgIpc) is 3.49. The van der Waals surface area contributed by atoms with Crippen molar-refractivity contribution in [2.24, 2.45) is 5.92 Å². The van der Waals surface area contributed by atoms with Gasteiger partial charge in [0.05, 0.1) is 24.1 Å². The number of benzene rings is 1. The summed E-state index contributed by atoms with van der Waals surface area (Å²) >= 11 is 1.43. The van der Waals surface area contributed by atoms with Crippen molar-refractivity contribution in [2.75, 3.05) is 31.8 Å². The summed E-state index contributed by atoms with van der Waals surface area (Å²) in [4.78, 5) is 45.7. The van der Waals surface area contributed by atoms with Gasteiger partial charge in [-0.2, -0.15) is 0 Å². The van der Waals surface area contributed by atoms with E-state index in [2.05, 4.69) is 10.3 Å². The van der Waals surface area contributed by atoms with Crippen LogP contribution < -0.4 is 14.8 Å². The molecule has 1 aliphatic carbocycles. The van der Waals surface area contributed by atoms with Crippen LogP contribution >= 0.6 is 11.3 Å². The summed E-state index contributed by atoms with van der Waals surface area (Å²) < 4.78 is 15.8. The number of nitrogens with one attached hydrogen (secondary N) is 1. The first kappa shape index (κ1) is 22.6. The van der Waals surface area contributed by atoms with E-state index in [4.69, 9.17) is 14.2 Å². The largest absolute Gasteiger partial charge is 0.466 e. The van der Waals surface area contributed by atoms with Crippen LogP contribution in [0.2, 0.25) is 0 Å². The van der Waals surface area contributed by atoms with Crippen molar-refractivity contribution >= 4 is 34.3 Å². The first-order valence-corrected chi connectivity index (χ1v) is 12.5. The number of thiazole rings is 1. The van der Waals surface area contributed by atoms with E-state index in [1.165, 1.54) is 11.3 Å². The number of ether oxygens (including phenoxy) is 3. The van der Waals surface area contributed by atoms with Gasteiger partial charge in [-0.25, -0.2) is 4.98 Å². The van der Waals surface area contributed by atoms with E-state index < -0.39 is 0 Å². The summed E-state index contributed by atoms with van der Waals surface area (Å²) in [5.41, 5.74) is 1.23. The van der Waals surface area contributed by atoms with Gasteiger partial charge in [0.1, 0.15) is 0 Å². The molecule has 1 aromatic carbocycles. The Balaban J connectivity index is 1.25. The standard InChI is InChI=1S/C24H27N3O6S/c1-2-31-23(30)14-8-10-27(11-9-14)22(29)16-4-3-5-19-20(16)25-24(34-19)26-21(28)15-6-7-17-18(12-15)33-13-32-17/h6-7,12,14,16H,2-5,8-11,13H2,1H3,(H,25,26,28)/t16-/m1/s1. The molecule has 1 atom stereocenters. The molecule has 0 saturated carbocycles. The van der Waals surface area contributed by atoms with Crippen molar-refractivity contribution in [1.82, 2.24) is 9.88 Å². The van der Waals surface area contributed by atoms with Crippen LogP contribution in [0.1, 0.15) is 59.5 Å². The number of piperidine rings is 1. The van der Waals surface area contributed by atoms with Crippen LogP contribution in [0.25, 0.3) is 0 Å². The van der Waals surface area contributed by atoms with Crippen LogP contribution in [0.15, 0.2) is 18.2 Å². The maximum absolute atomic E-state index is 13.3. The average molecular weight is 486 g/mol. The molecule has 180 valence electrons. The van der Waals surface area contributed by atoms with E-state index >= 15 is 0 Å². The highest BCUT2D eigenvalue weighted by atomic mass is 32.1. The number of hydrogen-bond donors (Lipinski definition) is 1. The van der Waals surface area contributed by atoms with Gasteiger partial charge in [-0.1, -0.05) is 0 Å². The summed E-state index contributed by atoms with van der Waals surface area (Å²) in [5.74, 6) is 0.323. The number of rotatable bonds is 5. The van der Waals surface area contributed by atoms with Crippen LogP contribution in [0.4, 0.5) is 5.13 Å². The van der Waals surface area contributed by atoms with Crippen LogP contribution in [0, 0.1) is 5.92 Å². The number of nitrogens with zero attached hydrogens (tertiary/aromatic N) is 2. The molecule has 0 unspecified atom stereocenters. The van der Waals surface area contributed by atoms with Crippen LogP contribution in [-0.4, -0.2) is 54.2 Å². The minimum absolute atomic E-state index is 0.0576. The third-order valence-electron chi connectivity index (χ3n) is 6.53. The predicted molar refractivity (Wildman–Crippen MR) is 124 cm³/mol. The van der Waals surface area contributed by atoms with Crippen molar-refractivity contribution in [3.63, 3.8) is 0 Å². The lowest BCUT2D eigenvalue weighted by molar-refractivity contribution is -0.151. The van der Waals surface area contributed by atoms with Crippen molar-refractivity contribution in [2.45, 2.75) is 44.9 Å². The van der Waals surface area contributed by atoms with Crippen molar-refractivity contribution in [3.8, 4) is 11.5 Å². The summed E-state index contributed by atoms with van der Waals surface area (Å²) in [6.07, 6.45) is 3.74. The molecule has 0 spiro atoms. The molecule has 0 radical (unpaired) electrons. The summed E-state index contributed by atoms with van der Waals surface area (Å²) in [7, 11) is 0. The van der Waals surface area contributed by atoms with Crippen LogP contribution in [0.5, 0.6) is 11.5 Å². The minimum Gasteiger partial charge on any atom is -0.466 e. The first-order chi connectivity index (χ1) is 16.5. The first-order valence-electron chi connectivity index (χ1n) is 11.7. The predicted octanol–water partition coefficient (Wildman–Crippen LogP) is 3.35. The molecular weight excluding hydrogens is 458 g/mol. The molecule has 2 aromatic rings. The van der Waals surface area contributed by atoms with E-state index in [0.717, 1.165) is 29.8 Å². The lowest BCUT2D eigenvalue weighted by atomic mass is 9.88. The Bertz CT molecular complexity index is 1110. The summed E-state index contributed by atoms with van der Waals surface area (Å²) in [6, 6.07) is 5.05. The fraction of sp³-hybridized carbons (Fsp3) is 0.500. The number of amides is 2. The van der Waals surface area contributed by atoms with Gasteiger partial charge in [0.15, 0.2) is 16.6 Å². The smallest absolute Gasteiger partial charge is 0.309 e. The highest BCUT2D eigenvalue weighted by molar-refractivity contribution is 7.16. The molecule has 3 heterocycles. The van der Waals surface area contributed by atoms with Crippen molar-refractivity contribution in [1.29, 1.82) is 0 Å². The fourth-order valence-electron chi connectivity index (χ4n) is 4.74. The minimum atomic E-state index is -0.310. The fourth-order valence-corrected chi connectivity index (χ4v) is 5.80. The molecule has 2 aliphatic heterocycles. The van der Waals surface area contributed by atoms with E-state index in [-0.39, 0.29) is 36.4 Å². The monoisotopic (exact) mass is 485 g/mol. The maximum Gasteiger partial charge on any atom is 0.309 e. The van der Waals surface area contributed by atoms with Gasteiger partial charge < -0.3 is 19.1 Å². The van der Waals surface area contributed by atoms with Gasteiger partial charge in [0, 0.05) is 23.5 Å². The molecule has 1 saturated heterocycles. The molecule has 10 heteroatoms. The number of aromatic nitrogens is 1. The maximum atomic E-state index is 13.3. The molecule has 2 amide bonds. The van der Waals surface area contributed by atoms with Gasteiger partial charge in [0.25, 0.3) is 5.91 Å². The lowest BCUT2D eigenvalue weighted by Crippen LogP contribution is -2.43. The Kier molecular flexibility index (Phi) is 6.40. The molecule has 1 N–H and O–H groups in total. The molecule has 0 bridgehead atoms.